The van der Waals surface area contributed by atoms with Crippen LogP contribution in [-0.2, 0) is 9.53 Å². The lowest BCUT2D eigenvalue weighted by Gasteiger charge is -2.36. The lowest BCUT2D eigenvalue weighted by atomic mass is 9.95. The number of hydrogen-bond acceptors (Lipinski definition) is 3. The fraction of sp³-hybridized carbons (Fsp3) is 0.882. The smallest absolute Gasteiger partial charge is 0.318 e. The molecular weight excluding hydrogens is 294 g/mol. The zero-order valence-corrected chi connectivity index (χ0v) is 14.1. The van der Waals surface area contributed by atoms with Crippen LogP contribution in [0.3, 0.4) is 0 Å². The van der Waals surface area contributed by atoms with Crippen molar-refractivity contribution in [3.05, 3.63) is 0 Å². The number of amides is 3. The first-order valence-corrected chi connectivity index (χ1v) is 9.06. The molecule has 3 fully saturated rings. The van der Waals surface area contributed by atoms with Crippen molar-refractivity contribution in [1.29, 1.82) is 0 Å². The molecule has 0 aromatic carbocycles. The van der Waals surface area contributed by atoms with Crippen molar-refractivity contribution < 1.29 is 14.3 Å². The normalized spacial score (nSPS) is 30.5. The molecule has 2 bridgehead atoms. The van der Waals surface area contributed by atoms with Crippen molar-refractivity contribution in [2.24, 2.45) is 5.92 Å². The lowest BCUT2D eigenvalue weighted by Crippen LogP contribution is -2.57. The zero-order chi connectivity index (χ0) is 16.2. The van der Waals surface area contributed by atoms with Crippen LogP contribution in [0.1, 0.15) is 51.4 Å². The Balaban J connectivity index is 1.60. The van der Waals surface area contributed by atoms with Crippen LogP contribution in [0.25, 0.3) is 0 Å². The largest absolute Gasteiger partial charge is 0.383 e. The van der Waals surface area contributed by atoms with Gasteiger partial charge in [-0.2, -0.15) is 0 Å². The van der Waals surface area contributed by atoms with Gasteiger partial charge in [-0.3, -0.25) is 4.79 Å². The van der Waals surface area contributed by atoms with Crippen LogP contribution in [0.15, 0.2) is 0 Å². The summed E-state index contributed by atoms with van der Waals surface area (Å²) in [5, 5.41) is 6.09. The Hall–Kier alpha value is -1.30. The molecular formula is C17H29N3O3. The van der Waals surface area contributed by atoms with E-state index in [0.29, 0.717) is 19.1 Å². The maximum atomic E-state index is 12.8. The summed E-state index contributed by atoms with van der Waals surface area (Å²) in [6, 6.07) is 0.194. The number of carbonyl (C=O) groups excluding carboxylic acids is 2. The second kappa shape index (κ2) is 7.51. The molecule has 3 atom stereocenters. The summed E-state index contributed by atoms with van der Waals surface area (Å²) in [4.78, 5) is 27.1. The molecule has 0 spiro atoms. The second-order valence-electron chi connectivity index (χ2n) is 7.15. The molecule has 2 saturated carbocycles. The van der Waals surface area contributed by atoms with Gasteiger partial charge in [-0.1, -0.05) is 19.3 Å². The van der Waals surface area contributed by atoms with E-state index in [2.05, 4.69) is 10.6 Å². The van der Waals surface area contributed by atoms with E-state index in [1.807, 2.05) is 4.90 Å². The summed E-state index contributed by atoms with van der Waals surface area (Å²) in [5.74, 6) is 0.299. The van der Waals surface area contributed by atoms with E-state index in [1.165, 1.54) is 19.3 Å². The van der Waals surface area contributed by atoms with Gasteiger partial charge in [-0.25, -0.2) is 4.79 Å². The number of methoxy groups -OCH3 is 1. The summed E-state index contributed by atoms with van der Waals surface area (Å²) in [6.45, 7) is 1.00. The molecule has 0 aromatic heterocycles. The van der Waals surface area contributed by atoms with E-state index in [-0.39, 0.29) is 30.1 Å². The molecule has 0 unspecified atom stereocenters. The Morgan fingerprint density at radius 3 is 2.65 bits per heavy atom. The number of urea groups is 1. The standard InChI is InChI=1S/C17H29N3O3/c1-23-10-9-18-16(21)15-12-7-8-14(11-12)20(15)17(22)19-13-5-3-2-4-6-13/h12-15H,2-11H2,1H3,(H,18,21)(H,19,22)/t12-,14-,15+/m0/s1. The number of ether oxygens (including phenoxy) is 1. The first-order chi connectivity index (χ1) is 11.2. The Kier molecular flexibility index (Phi) is 5.41. The van der Waals surface area contributed by atoms with Crippen molar-refractivity contribution in [2.75, 3.05) is 20.3 Å². The van der Waals surface area contributed by atoms with E-state index in [0.717, 1.165) is 32.1 Å². The molecule has 6 nitrogen and oxygen atoms in total. The highest BCUT2D eigenvalue weighted by Crippen LogP contribution is 2.42. The summed E-state index contributed by atoms with van der Waals surface area (Å²) in [6.07, 6.45) is 8.85. The number of nitrogens with zero attached hydrogens (tertiary/aromatic N) is 1. The van der Waals surface area contributed by atoms with Crippen LogP contribution >= 0.6 is 0 Å². The molecule has 1 aliphatic heterocycles. The van der Waals surface area contributed by atoms with Gasteiger partial charge in [0.15, 0.2) is 0 Å². The van der Waals surface area contributed by atoms with Crippen LogP contribution in [0, 0.1) is 5.92 Å². The average Bonchev–Trinajstić information content (AvgIpc) is 3.17. The number of fused-ring (bicyclic) bond motifs is 2. The molecule has 1 saturated heterocycles. The number of likely N-dealkylation sites (tertiary alicyclic amines) is 1. The molecule has 3 rings (SSSR count). The van der Waals surface area contributed by atoms with Crippen molar-refractivity contribution >= 4 is 11.9 Å². The molecule has 2 N–H and O–H groups in total. The van der Waals surface area contributed by atoms with E-state index in [1.54, 1.807) is 7.11 Å². The van der Waals surface area contributed by atoms with E-state index in [4.69, 9.17) is 4.74 Å². The highest BCUT2D eigenvalue weighted by atomic mass is 16.5. The van der Waals surface area contributed by atoms with Crippen LogP contribution < -0.4 is 10.6 Å². The highest BCUT2D eigenvalue weighted by molar-refractivity contribution is 5.88. The SMILES string of the molecule is COCCNC(=O)[C@H]1[C@H]2CC[C@@H](C2)N1C(=O)NC1CCCCC1. The number of nitrogens with one attached hydrogen (secondary N) is 2. The Bertz CT molecular complexity index is 437. The minimum absolute atomic E-state index is 0.0203. The van der Waals surface area contributed by atoms with Crippen LogP contribution in [-0.4, -0.2) is 55.2 Å². The average molecular weight is 323 g/mol. The third-order valence-corrected chi connectivity index (χ3v) is 5.63. The zero-order valence-electron chi connectivity index (χ0n) is 14.1. The fourth-order valence-corrected chi connectivity index (χ4v) is 4.49. The highest BCUT2D eigenvalue weighted by Gasteiger charge is 2.51. The van der Waals surface area contributed by atoms with Gasteiger partial charge in [0, 0.05) is 25.7 Å². The molecule has 3 amide bonds. The van der Waals surface area contributed by atoms with Gasteiger partial charge in [0.05, 0.1) is 6.61 Å². The second-order valence-corrected chi connectivity index (χ2v) is 7.15. The molecule has 130 valence electrons. The number of piperidine rings is 1. The van der Waals surface area contributed by atoms with Gasteiger partial charge in [-0.05, 0) is 38.0 Å². The first kappa shape index (κ1) is 16.6. The molecule has 6 heteroatoms. The number of rotatable bonds is 5. The van der Waals surface area contributed by atoms with Crippen LogP contribution in [0.2, 0.25) is 0 Å². The fourth-order valence-electron chi connectivity index (χ4n) is 4.49. The van der Waals surface area contributed by atoms with Gasteiger partial charge in [-0.15, -0.1) is 0 Å². The third kappa shape index (κ3) is 3.62. The van der Waals surface area contributed by atoms with Crippen molar-refractivity contribution in [3.63, 3.8) is 0 Å². The van der Waals surface area contributed by atoms with E-state index >= 15 is 0 Å². The lowest BCUT2D eigenvalue weighted by molar-refractivity contribution is -0.127. The number of carbonyl (C=O) groups is 2. The molecule has 1 heterocycles. The summed E-state index contributed by atoms with van der Waals surface area (Å²) >= 11 is 0. The van der Waals surface area contributed by atoms with E-state index in [9.17, 15) is 9.59 Å². The predicted molar refractivity (Wildman–Crippen MR) is 87.0 cm³/mol. The van der Waals surface area contributed by atoms with Crippen molar-refractivity contribution in [1.82, 2.24) is 15.5 Å². The topological polar surface area (TPSA) is 70.7 Å². The first-order valence-electron chi connectivity index (χ1n) is 9.06. The van der Waals surface area contributed by atoms with Gasteiger partial charge >= 0.3 is 6.03 Å². The van der Waals surface area contributed by atoms with E-state index < -0.39 is 0 Å². The summed E-state index contributed by atoms with van der Waals surface area (Å²) in [7, 11) is 1.62. The van der Waals surface area contributed by atoms with Gasteiger partial charge in [0.1, 0.15) is 6.04 Å². The minimum Gasteiger partial charge on any atom is -0.383 e. The molecule has 2 aliphatic carbocycles. The van der Waals surface area contributed by atoms with Gasteiger partial charge in [0.25, 0.3) is 0 Å². The van der Waals surface area contributed by atoms with Gasteiger partial charge < -0.3 is 20.3 Å². The molecule has 23 heavy (non-hydrogen) atoms. The van der Waals surface area contributed by atoms with Crippen LogP contribution in [0.4, 0.5) is 4.79 Å². The van der Waals surface area contributed by atoms with Crippen LogP contribution in [0.5, 0.6) is 0 Å². The Morgan fingerprint density at radius 2 is 1.91 bits per heavy atom. The molecule has 0 radical (unpaired) electrons. The summed E-state index contributed by atoms with van der Waals surface area (Å²) < 4.78 is 4.98. The monoisotopic (exact) mass is 323 g/mol. The third-order valence-electron chi connectivity index (χ3n) is 5.63. The quantitative estimate of drug-likeness (QED) is 0.756. The molecule has 0 aromatic rings. The Labute approximate surface area is 138 Å². The Morgan fingerprint density at radius 1 is 1.13 bits per heavy atom. The minimum atomic E-state index is -0.297. The molecule has 3 aliphatic rings. The maximum absolute atomic E-state index is 12.8. The maximum Gasteiger partial charge on any atom is 0.318 e. The van der Waals surface area contributed by atoms with Crippen molar-refractivity contribution in [2.45, 2.75) is 69.5 Å². The summed E-state index contributed by atoms with van der Waals surface area (Å²) in [5.41, 5.74) is 0. The van der Waals surface area contributed by atoms with Gasteiger partial charge in [0.2, 0.25) is 5.91 Å². The number of hydrogen-bond donors (Lipinski definition) is 2. The van der Waals surface area contributed by atoms with Crippen molar-refractivity contribution in [3.8, 4) is 0 Å². The predicted octanol–water partition coefficient (Wildman–Crippen LogP) is 1.64.